The summed E-state index contributed by atoms with van der Waals surface area (Å²) in [5.41, 5.74) is 2.20. The van der Waals surface area contributed by atoms with Crippen LogP contribution in [0, 0.1) is 31.3 Å². The van der Waals surface area contributed by atoms with Gasteiger partial charge < -0.3 is 10.6 Å². The molecule has 3 aromatic rings. The molecule has 2 aromatic carbocycles. The first-order chi connectivity index (χ1) is 12.9. The zero-order valence-electron chi connectivity index (χ0n) is 14.5. The first kappa shape index (κ1) is 18.4. The van der Waals surface area contributed by atoms with E-state index >= 15 is 0 Å². The van der Waals surface area contributed by atoms with Crippen molar-refractivity contribution in [2.24, 2.45) is 0 Å². The number of hydrogen-bond donors (Lipinski definition) is 2. The fourth-order valence-electron chi connectivity index (χ4n) is 2.48. The number of nitrogens with zero attached hydrogens (tertiary/aromatic N) is 2. The van der Waals surface area contributed by atoms with Crippen molar-refractivity contribution < 1.29 is 18.0 Å². The van der Waals surface area contributed by atoms with Gasteiger partial charge in [-0.3, -0.25) is 4.79 Å². The Kier molecular flexibility index (Phi) is 5.07. The number of para-hydroxylation sites is 1. The lowest BCUT2D eigenvalue weighted by atomic mass is 10.1. The van der Waals surface area contributed by atoms with Crippen molar-refractivity contribution in [3.05, 3.63) is 76.9 Å². The molecule has 1 aromatic heterocycles. The average Bonchev–Trinajstić information content (AvgIpc) is 2.65. The summed E-state index contributed by atoms with van der Waals surface area (Å²) in [5.74, 6) is -5.09. The standard InChI is InChI=1S/C19H15F3N4O/c1-10-4-3-5-11(2)17(10)26-19-23-9-8-14(25-19)18(27)24-13-7-6-12(20)15(21)16(13)22/h3-9H,1-2H3,(H,24,27)(H,23,25,26). The van der Waals surface area contributed by atoms with Gasteiger partial charge in [-0.05, 0) is 43.2 Å². The number of carbonyl (C=O) groups excluding carboxylic acids is 1. The number of amides is 1. The van der Waals surface area contributed by atoms with Gasteiger partial charge in [-0.15, -0.1) is 0 Å². The smallest absolute Gasteiger partial charge is 0.274 e. The third-order valence-corrected chi connectivity index (χ3v) is 3.89. The molecule has 0 spiro atoms. The highest BCUT2D eigenvalue weighted by molar-refractivity contribution is 6.03. The molecule has 1 heterocycles. The molecule has 138 valence electrons. The number of nitrogens with one attached hydrogen (secondary N) is 2. The van der Waals surface area contributed by atoms with Crippen LogP contribution < -0.4 is 10.6 Å². The number of hydrogen-bond acceptors (Lipinski definition) is 4. The van der Waals surface area contributed by atoms with Crippen molar-refractivity contribution >= 4 is 23.2 Å². The third kappa shape index (κ3) is 3.89. The Bertz CT molecular complexity index is 1000. The number of aromatic nitrogens is 2. The van der Waals surface area contributed by atoms with Crippen molar-refractivity contribution in [3.63, 3.8) is 0 Å². The van der Waals surface area contributed by atoms with Crippen LogP contribution in [0.4, 0.5) is 30.5 Å². The van der Waals surface area contributed by atoms with E-state index in [0.717, 1.165) is 28.9 Å². The molecular weight excluding hydrogens is 357 g/mol. The molecule has 1 amide bonds. The van der Waals surface area contributed by atoms with E-state index in [1.54, 1.807) is 0 Å². The van der Waals surface area contributed by atoms with Crippen LogP contribution >= 0.6 is 0 Å². The van der Waals surface area contributed by atoms with E-state index in [-0.39, 0.29) is 11.6 Å². The summed E-state index contributed by atoms with van der Waals surface area (Å²) in [7, 11) is 0. The second kappa shape index (κ2) is 7.45. The summed E-state index contributed by atoms with van der Waals surface area (Å²) in [4.78, 5) is 20.4. The maximum absolute atomic E-state index is 13.7. The number of anilines is 3. The maximum atomic E-state index is 13.7. The number of benzene rings is 2. The van der Waals surface area contributed by atoms with E-state index in [1.165, 1.54) is 12.3 Å². The predicted octanol–water partition coefficient (Wildman–Crippen LogP) is 4.51. The molecule has 0 saturated carbocycles. The molecule has 0 aliphatic carbocycles. The summed E-state index contributed by atoms with van der Waals surface area (Å²) < 4.78 is 40.0. The molecule has 0 bridgehead atoms. The van der Waals surface area contributed by atoms with Gasteiger partial charge in [0.05, 0.1) is 5.69 Å². The Morgan fingerprint density at radius 3 is 2.37 bits per heavy atom. The molecule has 0 fully saturated rings. The number of aryl methyl sites for hydroxylation is 2. The van der Waals surface area contributed by atoms with Crippen molar-refractivity contribution in [1.29, 1.82) is 0 Å². The van der Waals surface area contributed by atoms with E-state index in [9.17, 15) is 18.0 Å². The summed E-state index contributed by atoms with van der Waals surface area (Å²) in [6, 6.07) is 8.72. The van der Waals surface area contributed by atoms with Gasteiger partial charge in [-0.25, -0.2) is 23.1 Å². The van der Waals surface area contributed by atoms with Crippen molar-refractivity contribution in [3.8, 4) is 0 Å². The number of carbonyl (C=O) groups is 1. The lowest BCUT2D eigenvalue weighted by Gasteiger charge is -2.12. The molecule has 0 saturated heterocycles. The molecule has 2 N–H and O–H groups in total. The van der Waals surface area contributed by atoms with Gasteiger partial charge >= 0.3 is 0 Å². The third-order valence-electron chi connectivity index (χ3n) is 3.89. The Morgan fingerprint density at radius 2 is 1.67 bits per heavy atom. The van der Waals surface area contributed by atoms with Gasteiger partial charge in [-0.2, -0.15) is 0 Å². The minimum atomic E-state index is -1.66. The Balaban J connectivity index is 1.83. The lowest BCUT2D eigenvalue weighted by Crippen LogP contribution is -2.16. The molecule has 5 nitrogen and oxygen atoms in total. The number of rotatable bonds is 4. The first-order valence-corrected chi connectivity index (χ1v) is 7.98. The van der Waals surface area contributed by atoms with Crippen LogP contribution in [0.25, 0.3) is 0 Å². The highest BCUT2D eigenvalue weighted by atomic mass is 19.2. The van der Waals surface area contributed by atoms with E-state index in [1.807, 2.05) is 32.0 Å². The molecule has 0 aliphatic rings. The van der Waals surface area contributed by atoms with E-state index in [4.69, 9.17) is 0 Å². The summed E-state index contributed by atoms with van der Waals surface area (Å²) in [6.45, 7) is 3.83. The second-order valence-corrected chi connectivity index (χ2v) is 5.83. The van der Waals surface area contributed by atoms with Gasteiger partial charge in [-0.1, -0.05) is 18.2 Å². The van der Waals surface area contributed by atoms with Crippen molar-refractivity contribution in [1.82, 2.24) is 9.97 Å². The molecule has 0 aliphatic heterocycles. The largest absolute Gasteiger partial charge is 0.324 e. The maximum Gasteiger partial charge on any atom is 0.274 e. The Morgan fingerprint density at radius 1 is 0.963 bits per heavy atom. The SMILES string of the molecule is Cc1cccc(C)c1Nc1nccc(C(=O)Nc2ccc(F)c(F)c2F)n1. The summed E-state index contributed by atoms with van der Waals surface area (Å²) in [5, 5.41) is 5.21. The summed E-state index contributed by atoms with van der Waals surface area (Å²) in [6.07, 6.45) is 1.36. The molecule has 0 unspecified atom stereocenters. The second-order valence-electron chi connectivity index (χ2n) is 5.83. The average molecular weight is 372 g/mol. The van der Waals surface area contributed by atoms with Crippen LogP contribution in [0.15, 0.2) is 42.6 Å². The zero-order chi connectivity index (χ0) is 19.6. The topological polar surface area (TPSA) is 66.9 Å². The number of halogens is 3. The molecule has 8 heteroatoms. The van der Waals surface area contributed by atoms with Crippen LogP contribution in [0.5, 0.6) is 0 Å². The quantitative estimate of drug-likeness (QED) is 0.662. The lowest BCUT2D eigenvalue weighted by molar-refractivity contribution is 0.102. The van der Waals surface area contributed by atoms with E-state index in [2.05, 4.69) is 20.6 Å². The van der Waals surface area contributed by atoms with Gasteiger partial charge in [0.1, 0.15) is 5.69 Å². The Hall–Kier alpha value is -3.42. The van der Waals surface area contributed by atoms with Gasteiger partial charge in [0, 0.05) is 11.9 Å². The fourth-order valence-corrected chi connectivity index (χ4v) is 2.48. The fraction of sp³-hybridized carbons (Fsp3) is 0.105. The van der Waals surface area contributed by atoms with Gasteiger partial charge in [0.2, 0.25) is 5.95 Å². The van der Waals surface area contributed by atoms with Crippen molar-refractivity contribution in [2.45, 2.75) is 13.8 Å². The minimum absolute atomic E-state index is 0.0668. The van der Waals surface area contributed by atoms with Gasteiger partial charge in [0.15, 0.2) is 17.5 Å². The van der Waals surface area contributed by atoms with Crippen LogP contribution in [-0.4, -0.2) is 15.9 Å². The van der Waals surface area contributed by atoms with E-state index < -0.39 is 29.0 Å². The van der Waals surface area contributed by atoms with Crippen LogP contribution in [0.1, 0.15) is 21.6 Å². The monoisotopic (exact) mass is 372 g/mol. The van der Waals surface area contributed by atoms with Crippen LogP contribution in [-0.2, 0) is 0 Å². The van der Waals surface area contributed by atoms with Gasteiger partial charge in [0.25, 0.3) is 5.91 Å². The molecule has 0 radical (unpaired) electrons. The molecule has 3 rings (SSSR count). The zero-order valence-corrected chi connectivity index (χ0v) is 14.5. The van der Waals surface area contributed by atoms with Crippen LogP contribution in [0.2, 0.25) is 0 Å². The predicted molar refractivity (Wildman–Crippen MR) is 95.5 cm³/mol. The Labute approximate surface area is 153 Å². The molecular formula is C19H15F3N4O. The molecule has 0 atom stereocenters. The van der Waals surface area contributed by atoms with E-state index in [0.29, 0.717) is 0 Å². The highest BCUT2D eigenvalue weighted by Gasteiger charge is 2.17. The highest BCUT2D eigenvalue weighted by Crippen LogP contribution is 2.23. The van der Waals surface area contributed by atoms with Crippen molar-refractivity contribution in [2.75, 3.05) is 10.6 Å². The molecule has 27 heavy (non-hydrogen) atoms. The normalized spacial score (nSPS) is 10.6. The summed E-state index contributed by atoms with van der Waals surface area (Å²) >= 11 is 0. The van der Waals surface area contributed by atoms with Crippen LogP contribution in [0.3, 0.4) is 0 Å². The first-order valence-electron chi connectivity index (χ1n) is 7.98. The minimum Gasteiger partial charge on any atom is -0.324 e.